The third kappa shape index (κ3) is 4.06. The van der Waals surface area contributed by atoms with E-state index in [0.29, 0.717) is 5.41 Å². The topological polar surface area (TPSA) is 12.5 Å². The van der Waals surface area contributed by atoms with Gasteiger partial charge in [-0.1, -0.05) is 27.7 Å². The normalized spacial score (nSPS) is 33.8. The number of likely N-dealkylation sites (tertiary alicyclic amines) is 1. The molecule has 0 aliphatic carbocycles. The first-order chi connectivity index (χ1) is 7.72. The van der Waals surface area contributed by atoms with Crippen LogP contribution in [0.1, 0.15) is 53.9 Å². The van der Waals surface area contributed by atoms with Crippen molar-refractivity contribution in [2.75, 3.05) is 26.8 Å². The number of hydrogen-bond acceptors (Lipinski definition) is 2. The third-order valence-corrected chi connectivity index (χ3v) is 3.47. The molecule has 0 aromatic carbocycles. The lowest BCUT2D eigenvalue weighted by Gasteiger charge is -2.32. The maximum absolute atomic E-state index is 5.58. The summed E-state index contributed by atoms with van der Waals surface area (Å²) in [5.74, 6) is 0. The zero-order chi connectivity index (χ0) is 12.6. The van der Waals surface area contributed by atoms with Gasteiger partial charge in [0.05, 0.1) is 6.61 Å². The second kappa shape index (κ2) is 8.08. The van der Waals surface area contributed by atoms with Crippen molar-refractivity contribution >= 4 is 0 Å². The zero-order valence-electron chi connectivity index (χ0n) is 12.2. The Hall–Kier alpha value is -0.0800. The van der Waals surface area contributed by atoms with Gasteiger partial charge in [0.25, 0.3) is 0 Å². The molecule has 0 bridgehead atoms. The number of ether oxygens (including phenoxy) is 1. The summed E-state index contributed by atoms with van der Waals surface area (Å²) < 4.78 is 5.58. The Morgan fingerprint density at radius 1 is 1.19 bits per heavy atom. The number of hydrogen-bond donors (Lipinski definition) is 0. The average Bonchev–Trinajstić information content (AvgIpc) is 2.60. The molecule has 0 saturated carbocycles. The Kier molecular flexibility index (Phi) is 8.04. The molecule has 2 aliphatic heterocycles. The molecule has 2 rings (SSSR count). The molecule has 16 heavy (non-hydrogen) atoms. The fourth-order valence-corrected chi connectivity index (χ4v) is 2.73. The van der Waals surface area contributed by atoms with E-state index in [2.05, 4.69) is 18.9 Å². The molecule has 2 aliphatic rings. The van der Waals surface area contributed by atoms with Crippen LogP contribution >= 0.6 is 0 Å². The van der Waals surface area contributed by atoms with Gasteiger partial charge in [-0.05, 0) is 33.2 Å². The molecule has 0 aromatic rings. The second-order valence-electron chi connectivity index (χ2n) is 4.62. The van der Waals surface area contributed by atoms with Crippen molar-refractivity contribution in [3.05, 3.63) is 0 Å². The molecular formula is C14H31NO. The SMILES string of the molecule is CC.CC.CC1CC2(CCCOC2)CN1C. The van der Waals surface area contributed by atoms with E-state index in [9.17, 15) is 0 Å². The minimum Gasteiger partial charge on any atom is -0.381 e. The third-order valence-electron chi connectivity index (χ3n) is 3.47. The van der Waals surface area contributed by atoms with Gasteiger partial charge in [-0.2, -0.15) is 0 Å². The lowest BCUT2D eigenvalue weighted by molar-refractivity contribution is -0.00124. The summed E-state index contributed by atoms with van der Waals surface area (Å²) in [6.07, 6.45) is 3.98. The largest absolute Gasteiger partial charge is 0.381 e. The number of rotatable bonds is 0. The van der Waals surface area contributed by atoms with Gasteiger partial charge in [0, 0.05) is 24.6 Å². The lowest BCUT2D eigenvalue weighted by Crippen LogP contribution is -2.34. The first-order valence-electron chi connectivity index (χ1n) is 7.00. The Morgan fingerprint density at radius 2 is 1.81 bits per heavy atom. The highest BCUT2D eigenvalue weighted by atomic mass is 16.5. The summed E-state index contributed by atoms with van der Waals surface area (Å²) in [4.78, 5) is 2.47. The van der Waals surface area contributed by atoms with Crippen LogP contribution in [0, 0.1) is 5.41 Å². The van der Waals surface area contributed by atoms with E-state index in [1.165, 1.54) is 25.8 Å². The van der Waals surface area contributed by atoms with Crippen molar-refractivity contribution in [2.45, 2.75) is 59.9 Å². The van der Waals surface area contributed by atoms with Crippen molar-refractivity contribution < 1.29 is 4.74 Å². The van der Waals surface area contributed by atoms with Gasteiger partial charge >= 0.3 is 0 Å². The van der Waals surface area contributed by atoms with Gasteiger partial charge in [0.1, 0.15) is 0 Å². The van der Waals surface area contributed by atoms with Gasteiger partial charge in [-0.3, -0.25) is 0 Å². The summed E-state index contributed by atoms with van der Waals surface area (Å²) in [6, 6.07) is 0.756. The van der Waals surface area contributed by atoms with Crippen LogP contribution in [-0.2, 0) is 4.74 Å². The zero-order valence-corrected chi connectivity index (χ0v) is 12.2. The van der Waals surface area contributed by atoms with Crippen LogP contribution in [0.15, 0.2) is 0 Å². The monoisotopic (exact) mass is 229 g/mol. The summed E-state index contributed by atoms with van der Waals surface area (Å²) in [5.41, 5.74) is 0.520. The van der Waals surface area contributed by atoms with Crippen LogP contribution in [0.25, 0.3) is 0 Å². The van der Waals surface area contributed by atoms with E-state index in [1.807, 2.05) is 27.7 Å². The summed E-state index contributed by atoms with van der Waals surface area (Å²) in [7, 11) is 2.23. The highest BCUT2D eigenvalue weighted by Gasteiger charge is 2.41. The van der Waals surface area contributed by atoms with Crippen molar-refractivity contribution in [3.8, 4) is 0 Å². The maximum atomic E-state index is 5.58. The highest BCUT2D eigenvalue weighted by Crippen LogP contribution is 2.40. The average molecular weight is 229 g/mol. The first kappa shape index (κ1) is 15.9. The molecule has 2 atom stereocenters. The fraction of sp³-hybridized carbons (Fsp3) is 1.00. The molecule has 2 heteroatoms. The second-order valence-corrected chi connectivity index (χ2v) is 4.62. The van der Waals surface area contributed by atoms with Gasteiger partial charge in [-0.15, -0.1) is 0 Å². The molecule has 2 saturated heterocycles. The van der Waals surface area contributed by atoms with Gasteiger partial charge in [0.15, 0.2) is 0 Å². The highest BCUT2D eigenvalue weighted by molar-refractivity contribution is 4.94. The Morgan fingerprint density at radius 3 is 2.19 bits per heavy atom. The Bertz CT molecular complexity index is 152. The van der Waals surface area contributed by atoms with Crippen LogP contribution < -0.4 is 0 Å². The molecule has 0 N–H and O–H groups in total. The van der Waals surface area contributed by atoms with Crippen molar-refractivity contribution in [1.82, 2.24) is 4.90 Å². The Labute approximate surface area is 102 Å². The molecule has 2 nitrogen and oxygen atoms in total. The molecule has 2 heterocycles. The first-order valence-corrected chi connectivity index (χ1v) is 7.00. The standard InChI is InChI=1S/C10H19NO.2C2H6/c1-9-6-10(7-11(9)2)4-3-5-12-8-10;2*1-2/h9H,3-8H2,1-2H3;2*1-2H3. The van der Waals surface area contributed by atoms with Crippen molar-refractivity contribution in [3.63, 3.8) is 0 Å². The van der Waals surface area contributed by atoms with E-state index < -0.39 is 0 Å². The summed E-state index contributed by atoms with van der Waals surface area (Å²) in [5, 5.41) is 0. The maximum Gasteiger partial charge on any atom is 0.0535 e. The van der Waals surface area contributed by atoms with E-state index in [1.54, 1.807) is 0 Å². The number of nitrogens with zero attached hydrogens (tertiary/aromatic N) is 1. The Balaban J connectivity index is 0.000000509. The molecule has 98 valence electrons. The molecule has 0 amide bonds. The predicted molar refractivity (Wildman–Crippen MR) is 71.9 cm³/mol. The van der Waals surface area contributed by atoms with E-state index >= 15 is 0 Å². The fourth-order valence-electron chi connectivity index (χ4n) is 2.73. The van der Waals surface area contributed by atoms with E-state index in [4.69, 9.17) is 4.74 Å². The molecule has 1 spiro atoms. The molecule has 0 aromatic heterocycles. The van der Waals surface area contributed by atoms with Gasteiger partial charge in [-0.25, -0.2) is 0 Å². The molecule has 0 radical (unpaired) electrons. The van der Waals surface area contributed by atoms with Crippen molar-refractivity contribution in [2.24, 2.45) is 5.41 Å². The van der Waals surface area contributed by atoms with Crippen LogP contribution in [0.5, 0.6) is 0 Å². The molecule has 2 unspecified atom stereocenters. The molecule has 2 fully saturated rings. The van der Waals surface area contributed by atoms with E-state index in [0.717, 1.165) is 19.3 Å². The van der Waals surface area contributed by atoms with Crippen LogP contribution in [0.4, 0.5) is 0 Å². The summed E-state index contributed by atoms with van der Waals surface area (Å²) >= 11 is 0. The molecular weight excluding hydrogens is 198 g/mol. The van der Waals surface area contributed by atoms with Crippen molar-refractivity contribution in [1.29, 1.82) is 0 Å². The minimum absolute atomic E-state index is 0.520. The van der Waals surface area contributed by atoms with Gasteiger partial charge < -0.3 is 9.64 Å². The minimum atomic E-state index is 0.520. The van der Waals surface area contributed by atoms with E-state index in [-0.39, 0.29) is 0 Å². The lowest BCUT2D eigenvalue weighted by atomic mass is 9.81. The summed E-state index contributed by atoms with van der Waals surface area (Å²) in [6.45, 7) is 13.6. The van der Waals surface area contributed by atoms with Gasteiger partial charge in [0.2, 0.25) is 0 Å². The van der Waals surface area contributed by atoms with Crippen LogP contribution in [-0.4, -0.2) is 37.7 Å². The van der Waals surface area contributed by atoms with Crippen LogP contribution in [0.3, 0.4) is 0 Å². The van der Waals surface area contributed by atoms with Crippen LogP contribution in [0.2, 0.25) is 0 Å². The predicted octanol–water partition coefficient (Wildman–Crippen LogP) is 3.56. The smallest absolute Gasteiger partial charge is 0.0535 e. The quantitative estimate of drug-likeness (QED) is 0.630.